The highest BCUT2D eigenvalue weighted by molar-refractivity contribution is 9.10. The molecule has 1 aromatic carbocycles. The van der Waals surface area contributed by atoms with Crippen molar-refractivity contribution in [3.8, 4) is 0 Å². The van der Waals surface area contributed by atoms with Crippen molar-refractivity contribution >= 4 is 39.3 Å². The number of carbonyl (C=O) groups is 1. The molecular weight excluding hydrogens is 420 g/mol. The van der Waals surface area contributed by atoms with Crippen molar-refractivity contribution in [3.05, 3.63) is 40.5 Å². The molecule has 0 unspecified atom stereocenters. The molecule has 150 valence electrons. The van der Waals surface area contributed by atoms with E-state index in [9.17, 15) is 4.79 Å². The molecule has 0 bridgehead atoms. The Labute approximate surface area is 174 Å². The maximum Gasteiger partial charge on any atom is 0.229 e. The van der Waals surface area contributed by atoms with Crippen molar-refractivity contribution in [3.63, 3.8) is 0 Å². The third-order valence-electron chi connectivity index (χ3n) is 4.87. The highest BCUT2D eigenvalue weighted by Crippen LogP contribution is 2.31. The Morgan fingerprint density at radius 2 is 2.00 bits per heavy atom. The van der Waals surface area contributed by atoms with E-state index in [1.165, 1.54) is 5.56 Å². The van der Waals surface area contributed by atoms with Crippen molar-refractivity contribution in [2.45, 2.75) is 31.8 Å². The number of benzene rings is 1. The first-order chi connectivity index (χ1) is 13.5. The second-order valence-corrected chi connectivity index (χ2v) is 8.21. The molecule has 1 amide bonds. The van der Waals surface area contributed by atoms with Crippen LogP contribution in [0.4, 0.5) is 17.5 Å². The molecule has 0 aliphatic heterocycles. The van der Waals surface area contributed by atoms with Crippen molar-refractivity contribution in [1.82, 2.24) is 20.2 Å². The van der Waals surface area contributed by atoms with Gasteiger partial charge in [-0.2, -0.15) is 4.98 Å². The van der Waals surface area contributed by atoms with E-state index in [1.807, 2.05) is 12.1 Å². The van der Waals surface area contributed by atoms with Crippen molar-refractivity contribution in [1.29, 1.82) is 0 Å². The molecule has 0 spiro atoms. The molecule has 1 aliphatic rings. The molecule has 1 aromatic heterocycles. The minimum absolute atomic E-state index is 0.0347. The Morgan fingerprint density at radius 3 is 2.68 bits per heavy atom. The van der Waals surface area contributed by atoms with E-state index in [-0.39, 0.29) is 17.9 Å². The van der Waals surface area contributed by atoms with Crippen molar-refractivity contribution in [2.24, 2.45) is 5.92 Å². The van der Waals surface area contributed by atoms with Crippen molar-refractivity contribution < 1.29 is 4.79 Å². The van der Waals surface area contributed by atoms with Gasteiger partial charge < -0.3 is 20.9 Å². The van der Waals surface area contributed by atoms with Gasteiger partial charge in [0.25, 0.3) is 0 Å². The lowest BCUT2D eigenvalue weighted by Gasteiger charge is -2.21. The number of hydrogen-bond donors (Lipinski definition) is 3. The van der Waals surface area contributed by atoms with Gasteiger partial charge in [0.05, 0.1) is 10.4 Å². The van der Waals surface area contributed by atoms with Crippen LogP contribution in [-0.4, -0.2) is 48.0 Å². The Hall–Kier alpha value is -2.19. The molecule has 8 heteroatoms. The van der Waals surface area contributed by atoms with E-state index in [2.05, 4.69) is 73.0 Å². The van der Waals surface area contributed by atoms with Crippen LogP contribution in [0.25, 0.3) is 0 Å². The van der Waals surface area contributed by atoms with Crippen LogP contribution in [0.2, 0.25) is 0 Å². The van der Waals surface area contributed by atoms with E-state index < -0.39 is 0 Å². The molecule has 0 saturated heterocycles. The van der Waals surface area contributed by atoms with E-state index in [4.69, 9.17) is 0 Å². The molecule has 2 atom stereocenters. The zero-order valence-electron chi connectivity index (χ0n) is 16.5. The maximum absolute atomic E-state index is 12.1. The topological polar surface area (TPSA) is 82.2 Å². The minimum Gasteiger partial charge on any atom is -0.365 e. The highest BCUT2D eigenvalue weighted by atomic mass is 79.9. The molecule has 1 heterocycles. The number of amides is 1. The zero-order chi connectivity index (χ0) is 20.1. The first-order valence-electron chi connectivity index (χ1n) is 9.47. The Bertz CT molecular complexity index is 811. The lowest BCUT2D eigenvalue weighted by Crippen LogP contribution is -2.36. The lowest BCUT2D eigenvalue weighted by atomic mass is 10.0. The van der Waals surface area contributed by atoms with Crippen LogP contribution in [0, 0.1) is 5.92 Å². The standard InChI is InChI=1S/C20H27BrN6O/c1-22-19(28)15-5-4-6-17(15)25-18-16(21)11-23-20(26-18)24-14-9-7-13(8-10-14)12-27(2)3/h7-11,15,17H,4-6,12H2,1-3H3,(H,22,28)(H2,23,24,25,26)/t15-,17+/m0/s1. The number of halogens is 1. The summed E-state index contributed by atoms with van der Waals surface area (Å²) < 4.78 is 0.780. The Kier molecular flexibility index (Phi) is 6.85. The molecule has 28 heavy (non-hydrogen) atoms. The van der Waals surface area contributed by atoms with Gasteiger partial charge in [-0.1, -0.05) is 18.6 Å². The highest BCUT2D eigenvalue weighted by Gasteiger charge is 2.33. The van der Waals surface area contributed by atoms with Crippen LogP contribution in [0.5, 0.6) is 0 Å². The van der Waals surface area contributed by atoms with E-state index in [0.29, 0.717) is 11.8 Å². The van der Waals surface area contributed by atoms with E-state index in [0.717, 1.165) is 36.0 Å². The van der Waals surface area contributed by atoms with Gasteiger partial charge in [-0.05, 0) is 60.6 Å². The minimum atomic E-state index is -0.0347. The average Bonchev–Trinajstić information content (AvgIpc) is 3.13. The largest absolute Gasteiger partial charge is 0.365 e. The summed E-state index contributed by atoms with van der Waals surface area (Å²) in [5.74, 6) is 1.26. The first kappa shape index (κ1) is 20.5. The molecule has 0 radical (unpaired) electrons. The summed E-state index contributed by atoms with van der Waals surface area (Å²) in [5.41, 5.74) is 2.18. The van der Waals surface area contributed by atoms with Crippen molar-refractivity contribution in [2.75, 3.05) is 31.8 Å². The second-order valence-electron chi connectivity index (χ2n) is 7.35. The van der Waals surface area contributed by atoms with Gasteiger partial charge in [0.2, 0.25) is 11.9 Å². The maximum atomic E-state index is 12.1. The Balaban J connectivity index is 1.70. The number of nitrogens with zero attached hydrogens (tertiary/aromatic N) is 3. The number of carbonyl (C=O) groups excluding carboxylic acids is 1. The fourth-order valence-electron chi connectivity index (χ4n) is 3.52. The average molecular weight is 447 g/mol. The third kappa shape index (κ3) is 5.20. The fourth-order valence-corrected chi connectivity index (χ4v) is 3.83. The molecule has 7 nitrogen and oxygen atoms in total. The number of hydrogen-bond acceptors (Lipinski definition) is 6. The lowest BCUT2D eigenvalue weighted by molar-refractivity contribution is -0.124. The number of aromatic nitrogens is 2. The summed E-state index contributed by atoms with van der Waals surface area (Å²) in [6.07, 6.45) is 4.60. The van der Waals surface area contributed by atoms with Gasteiger partial charge in [0, 0.05) is 31.5 Å². The van der Waals surface area contributed by atoms with E-state index >= 15 is 0 Å². The van der Waals surface area contributed by atoms with Crippen LogP contribution in [0.3, 0.4) is 0 Å². The van der Waals surface area contributed by atoms with Gasteiger partial charge in [-0.25, -0.2) is 4.98 Å². The predicted molar refractivity (Wildman–Crippen MR) is 116 cm³/mol. The van der Waals surface area contributed by atoms with Crippen LogP contribution >= 0.6 is 15.9 Å². The quantitative estimate of drug-likeness (QED) is 0.604. The van der Waals surface area contributed by atoms with E-state index in [1.54, 1.807) is 13.2 Å². The number of anilines is 3. The molecule has 2 aromatic rings. The summed E-state index contributed by atoms with van der Waals surface area (Å²) in [4.78, 5) is 23.2. The SMILES string of the molecule is CNC(=O)[C@H]1CCC[C@H]1Nc1nc(Nc2ccc(CN(C)C)cc2)ncc1Br. The molecular formula is C20H27BrN6O. The van der Waals surface area contributed by atoms with Gasteiger partial charge in [-0.15, -0.1) is 0 Å². The van der Waals surface area contributed by atoms with Gasteiger partial charge in [-0.3, -0.25) is 4.79 Å². The normalized spacial score (nSPS) is 18.9. The summed E-state index contributed by atoms with van der Waals surface area (Å²) in [6.45, 7) is 0.900. The summed E-state index contributed by atoms with van der Waals surface area (Å²) in [7, 11) is 5.79. The summed E-state index contributed by atoms with van der Waals surface area (Å²) in [5, 5.41) is 9.43. The number of rotatable bonds is 7. The monoisotopic (exact) mass is 446 g/mol. The molecule has 1 fully saturated rings. The predicted octanol–water partition coefficient (Wildman–Crippen LogP) is 3.37. The second kappa shape index (κ2) is 9.34. The summed E-state index contributed by atoms with van der Waals surface area (Å²) >= 11 is 3.51. The smallest absolute Gasteiger partial charge is 0.229 e. The molecule has 1 saturated carbocycles. The Morgan fingerprint density at radius 1 is 1.25 bits per heavy atom. The van der Waals surface area contributed by atoms with Gasteiger partial charge in [0.15, 0.2) is 0 Å². The van der Waals surface area contributed by atoms with Crippen LogP contribution in [0.1, 0.15) is 24.8 Å². The molecule has 3 rings (SSSR count). The third-order valence-corrected chi connectivity index (χ3v) is 5.45. The molecule has 3 N–H and O–H groups in total. The fraction of sp³-hybridized carbons (Fsp3) is 0.450. The van der Waals surface area contributed by atoms with Gasteiger partial charge >= 0.3 is 0 Å². The van der Waals surface area contributed by atoms with Crippen LogP contribution in [-0.2, 0) is 11.3 Å². The van der Waals surface area contributed by atoms with Gasteiger partial charge in [0.1, 0.15) is 5.82 Å². The first-order valence-corrected chi connectivity index (χ1v) is 10.3. The molecule has 1 aliphatic carbocycles. The zero-order valence-corrected chi connectivity index (χ0v) is 18.1. The number of nitrogens with one attached hydrogen (secondary N) is 3. The van der Waals surface area contributed by atoms with Crippen LogP contribution < -0.4 is 16.0 Å². The van der Waals surface area contributed by atoms with Crippen LogP contribution in [0.15, 0.2) is 34.9 Å². The summed E-state index contributed by atoms with van der Waals surface area (Å²) in [6, 6.07) is 8.30.